The molecule has 0 bridgehead atoms. The molecule has 0 saturated carbocycles. The minimum Gasteiger partial charge on any atom is -0.507 e. The third-order valence-electron chi connectivity index (χ3n) is 7.23. The molecule has 1 aliphatic rings. The van der Waals surface area contributed by atoms with Crippen molar-refractivity contribution in [3.63, 3.8) is 0 Å². The first kappa shape index (κ1) is 24.5. The SMILES string of the molecule is CCCCN(Cc1cc(C)c(O)c(C)c1)C1CCCc2nc(-c3ccccc3)n(CCCC)c21. The lowest BCUT2D eigenvalue weighted by Gasteiger charge is -2.35. The lowest BCUT2D eigenvalue weighted by molar-refractivity contribution is 0.159. The Bertz CT molecular complexity index is 1060. The highest BCUT2D eigenvalue weighted by Gasteiger charge is 2.32. The van der Waals surface area contributed by atoms with Crippen LogP contribution in [0.2, 0.25) is 0 Å². The minimum absolute atomic E-state index is 0.381. The van der Waals surface area contributed by atoms with E-state index in [-0.39, 0.29) is 0 Å². The summed E-state index contributed by atoms with van der Waals surface area (Å²) in [5.41, 5.74) is 7.19. The Kier molecular flexibility index (Phi) is 8.10. The summed E-state index contributed by atoms with van der Waals surface area (Å²) in [5, 5.41) is 10.3. The van der Waals surface area contributed by atoms with Gasteiger partial charge in [-0.05, 0) is 69.2 Å². The van der Waals surface area contributed by atoms with Crippen molar-refractivity contribution in [3.8, 4) is 17.1 Å². The van der Waals surface area contributed by atoms with Gasteiger partial charge in [0.2, 0.25) is 0 Å². The number of phenolic OH excluding ortho intramolecular Hbond substituents is 1. The average molecular weight is 460 g/mol. The normalized spacial score (nSPS) is 15.6. The number of hydrogen-bond acceptors (Lipinski definition) is 3. The molecule has 0 saturated heterocycles. The van der Waals surface area contributed by atoms with E-state index in [1.807, 2.05) is 13.8 Å². The van der Waals surface area contributed by atoms with Crippen molar-refractivity contribution in [3.05, 3.63) is 70.5 Å². The van der Waals surface area contributed by atoms with E-state index in [4.69, 9.17) is 4.98 Å². The van der Waals surface area contributed by atoms with Gasteiger partial charge in [-0.1, -0.05) is 69.2 Å². The first-order chi connectivity index (χ1) is 16.5. The van der Waals surface area contributed by atoms with Gasteiger partial charge in [0.05, 0.1) is 17.4 Å². The summed E-state index contributed by atoms with van der Waals surface area (Å²) in [4.78, 5) is 7.92. The number of aromatic hydroxyl groups is 1. The van der Waals surface area contributed by atoms with Gasteiger partial charge >= 0.3 is 0 Å². The fourth-order valence-electron chi connectivity index (χ4n) is 5.45. The first-order valence-electron chi connectivity index (χ1n) is 13.2. The van der Waals surface area contributed by atoms with Crippen LogP contribution in [-0.4, -0.2) is 26.1 Å². The molecule has 1 aromatic heterocycles. The number of phenols is 1. The summed E-state index contributed by atoms with van der Waals surface area (Å²) in [6.45, 7) is 11.6. The highest BCUT2D eigenvalue weighted by Crippen LogP contribution is 2.39. The van der Waals surface area contributed by atoms with Gasteiger partial charge in [-0.3, -0.25) is 4.90 Å². The molecule has 4 rings (SSSR count). The summed E-state index contributed by atoms with van der Waals surface area (Å²) < 4.78 is 2.55. The van der Waals surface area contributed by atoms with Crippen molar-refractivity contribution in [2.75, 3.05) is 6.54 Å². The number of fused-ring (bicyclic) bond motifs is 1. The van der Waals surface area contributed by atoms with Gasteiger partial charge in [-0.2, -0.15) is 0 Å². The molecular formula is C30H41N3O. The van der Waals surface area contributed by atoms with E-state index >= 15 is 0 Å². The van der Waals surface area contributed by atoms with Crippen LogP contribution in [0.5, 0.6) is 5.75 Å². The predicted octanol–water partition coefficient (Wildman–Crippen LogP) is 7.35. The van der Waals surface area contributed by atoms with Crippen LogP contribution in [0.25, 0.3) is 11.4 Å². The van der Waals surface area contributed by atoms with Crippen molar-refractivity contribution in [1.29, 1.82) is 0 Å². The molecule has 182 valence electrons. The van der Waals surface area contributed by atoms with Crippen LogP contribution in [0, 0.1) is 13.8 Å². The standard InChI is InChI=1S/C30H41N3O/c1-5-7-17-32(21-24-19-22(3)29(34)23(4)20-24)27-16-12-15-26-28(27)33(18-8-6-2)30(31-26)25-13-10-9-11-14-25/h9-11,13-14,19-20,27,34H,5-8,12,15-18,21H2,1-4H3. The summed E-state index contributed by atoms with van der Waals surface area (Å²) in [6, 6.07) is 15.4. The van der Waals surface area contributed by atoms with Gasteiger partial charge in [0, 0.05) is 18.7 Å². The second-order valence-corrected chi connectivity index (χ2v) is 9.95. The molecule has 0 amide bonds. The average Bonchev–Trinajstić information content (AvgIpc) is 3.23. The van der Waals surface area contributed by atoms with Crippen LogP contribution in [0.4, 0.5) is 0 Å². The number of imidazole rings is 1. The zero-order valence-electron chi connectivity index (χ0n) is 21.5. The Morgan fingerprint density at radius 1 is 1.03 bits per heavy atom. The van der Waals surface area contributed by atoms with Crippen LogP contribution in [0.15, 0.2) is 42.5 Å². The second-order valence-electron chi connectivity index (χ2n) is 9.95. The van der Waals surface area contributed by atoms with E-state index in [0.29, 0.717) is 11.8 Å². The van der Waals surface area contributed by atoms with E-state index in [9.17, 15) is 5.11 Å². The fraction of sp³-hybridized carbons (Fsp3) is 0.500. The molecule has 1 unspecified atom stereocenters. The van der Waals surface area contributed by atoms with Gasteiger partial charge in [0.25, 0.3) is 0 Å². The maximum atomic E-state index is 10.3. The summed E-state index contributed by atoms with van der Waals surface area (Å²) in [5.74, 6) is 1.56. The van der Waals surface area contributed by atoms with Gasteiger partial charge < -0.3 is 9.67 Å². The van der Waals surface area contributed by atoms with Crippen LogP contribution in [-0.2, 0) is 19.5 Å². The third kappa shape index (κ3) is 5.22. The zero-order valence-corrected chi connectivity index (χ0v) is 21.5. The molecule has 0 fully saturated rings. The minimum atomic E-state index is 0.381. The Balaban J connectivity index is 1.75. The topological polar surface area (TPSA) is 41.3 Å². The molecule has 1 heterocycles. The molecule has 2 aromatic carbocycles. The Hall–Kier alpha value is -2.59. The fourth-order valence-corrected chi connectivity index (χ4v) is 5.45. The summed E-state index contributed by atoms with van der Waals surface area (Å²) >= 11 is 0. The maximum absolute atomic E-state index is 10.3. The van der Waals surface area contributed by atoms with E-state index < -0.39 is 0 Å². The van der Waals surface area contributed by atoms with Gasteiger partial charge in [0.15, 0.2) is 0 Å². The van der Waals surface area contributed by atoms with Crippen molar-refractivity contribution < 1.29 is 5.11 Å². The molecule has 4 heteroatoms. The van der Waals surface area contributed by atoms with Crippen molar-refractivity contribution >= 4 is 0 Å². The van der Waals surface area contributed by atoms with Crippen molar-refractivity contribution in [1.82, 2.24) is 14.5 Å². The molecule has 4 nitrogen and oxygen atoms in total. The zero-order chi connectivity index (χ0) is 24.1. The van der Waals surface area contributed by atoms with Crippen LogP contribution in [0.1, 0.15) is 86.5 Å². The quantitative estimate of drug-likeness (QED) is 0.344. The Morgan fingerprint density at radius 2 is 1.74 bits per heavy atom. The molecule has 0 radical (unpaired) electrons. The molecular weight excluding hydrogens is 418 g/mol. The van der Waals surface area contributed by atoms with Crippen LogP contribution < -0.4 is 0 Å². The van der Waals surface area contributed by atoms with Crippen LogP contribution in [0.3, 0.4) is 0 Å². The summed E-state index contributed by atoms with van der Waals surface area (Å²) in [6.07, 6.45) is 8.16. The monoisotopic (exact) mass is 459 g/mol. The van der Waals surface area contributed by atoms with E-state index in [0.717, 1.165) is 43.0 Å². The highest BCUT2D eigenvalue weighted by molar-refractivity contribution is 5.57. The smallest absolute Gasteiger partial charge is 0.140 e. The first-order valence-corrected chi connectivity index (χ1v) is 13.2. The third-order valence-corrected chi connectivity index (χ3v) is 7.23. The predicted molar refractivity (Wildman–Crippen MR) is 141 cm³/mol. The van der Waals surface area contributed by atoms with E-state index in [2.05, 4.69) is 65.8 Å². The van der Waals surface area contributed by atoms with Gasteiger partial charge in [0.1, 0.15) is 11.6 Å². The Labute approximate surface area is 205 Å². The van der Waals surface area contributed by atoms with Crippen molar-refractivity contribution in [2.24, 2.45) is 0 Å². The van der Waals surface area contributed by atoms with E-state index in [1.165, 1.54) is 61.0 Å². The molecule has 0 aliphatic heterocycles. The van der Waals surface area contributed by atoms with Crippen molar-refractivity contribution in [2.45, 2.75) is 91.8 Å². The largest absolute Gasteiger partial charge is 0.507 e. The number of benzene rings is 2. The maximum Gasteiger partial charge on any atom is 0.140 e. The lowest BCUT2D eigenvalue weighted by atomic mass is 9.93. The number of rotatable bonds is 10. The van der Waals surface area contributed by atoms with Gasteiger partial charge in [-0.25, -0.2) is 4.98 Å². The second kappa shape index (κ2) is 11.2. The number of aromatic nitrogens is 2. The molecule has 0 spiro atoms. The Morgan fingerprint density at radius 3 is 2.41 bits per heavy atom. The highest BCUT2D eigenvalue weighted by atomic mass is 16.3. The summed E-state index contributed by atoms with van der Waals surface area (Å²) in [7, 11) is 0. The number of nitrogens with zero attached hydrogens (tertiary/aromatic N) is 3. The molecule has 3 aromatic rings. The molecule has 34 heavy (non-hydrogen) atoms. The molecule has 1 aliphatic carbocycles. The lowest BCUT2D eigenvalue weighted by Crippen LogP contribution is -2.33. The molecule has 1 N–H and O–H groups in total. The van der Waals surface area contributed by atoms with Gasteiger partial charge in [-0.15, -0.1) is 0 Å². The van der Waals surface area contributed by atoms with Crippen LogP contribution >= 0.6 is 0 Å². The number of hydrogen-bond donors (Lipinski definition) is 1. The number of aryl methyl sites for hydroxylation is 3. The molecule has 1 atom stereocenters. The number of unbranched alkanes of at least 4 members (excludes halogenated alkanes) is 2. The van der Waals surface area contributed by atoms with E-state index in [1.54, 1.807) is 0 Å².